The zero-order chi connectivity index (χ0) is 15.7. The number of nitrogens with zero attached hydrogens (tertiary/aromatic N) is 2. The van der Waals surface area contributed by atoms with E-state index in [-0.39, 0.29) is 22.3 Å². The molecule has 2 heterocycles. The van der Waals surface area contributed by atoms with Crippen molar-refractivity contribution < 1.29 is 9.53 Å². The van der Waals surface area contributed by atoms with E-state index < -0.39 is 0 Å². The molecule has 1 atom stereocenters. The fraction of sp³-hybridized carbons (Fsp3) is 0.250. The molecular weight excluding hydrogens is 323 g/mol. The van der Waals surface area contributed by atoms with Gasteiger partial charge in [-0.25, -0.2) is 4.98 Å². The quantitative estimate of drug-likeness (QED) is 0.743. The monoisotopic (exact) mass is 336 g/mol. The first-order valence-electron chi connectivity index (χ1n) is 6.90. The van der Waals surface area contributed by atoms with E-state index in [1.807, 2.05) is 31.2 Å². The van der Waals surface area contributed by atoms with E-state index in [1.165, 1.54) is 12.1 Å². The Bertz CT molecular complexity index is 701. The summed E-state index contributed by atoms with van der Waals surface area (Å²) in [6, 6.07) is 10.8. The second kappa shape index (κ2) is 6.15. The Labute approximate surface area is 138 Å². The molecule has 0 saturated heterocycles. The van der Waals surface area contributed by atoms with E-state index in [0.29, 0.717) is 18.7 Å². The van der Waals surface area contributed by atoms with Crippen molar-refractivity contribution in [3.8, 4) is 5.75 Å². The second-order valence-electron chi connectivity index (χ2n) is 5.22. The number of hydrogen-bond acceptors (Lipinski definition) is 3. The number of fused-ring (bicyclic) bond motifs is 1. The zero-order valence-corrected chi connectivity index (χ0v) is 13.4. The van der Waals surface area contributed by atoms with Crippen molar-refractivity contribution in [1.29, 1.82) is 0 Å². The van der Waals surface area contributed by atoms with Crippen LogP contribution in [0.1, 0.15) is 22.8 Å². The van der Waals surface area contributed by atoms with Crippen LogP contribution in [0.4, 0.5) is 0 Å². The van der Waals surface area contributed by atoms with Gasteiger partial charge < -0.3 is 9.64 Å². The number of carbonyl (C=O) groups is 1. The van der Waals surface area contributed by atoms with Crippen LogP contribution in [0.25, 0.3) is 0 Å². The number of rotatable bonds is 1. The minimum absolute atomic E-state index is 0.0969. The topological polar surface area (TPSA) is 42.4 Å². The van der Waals surface area contributed by atoms with Gasteiger partial charge in [0.1, 0.15) is 22.2 Å². The Morgan fingerprint density at radius 3 is 2.68 bits per heavy atom. The van der Waals surface area contributed by atoms with Gasteiger partial charge in [-0.1, -0.05) is 41.4 Å². The number of hydrogen-bond donors (Lipinski definition) is 0. The van der Waals surface area contributed by atoms with Crippen molar-refractivity contribution in [2.45, 2.75) is 19.6 Å². The highest BCUT2D eigenvalue weighted by molar-refractivity contribution is 6.33. The molecule has 4 nitrogen and oxygen atoms in total. The molecule has 0 saturated carbocycles. The van der Waals surface area contributed by atoms with Crippen LogP contribution in [-0.2, 0) is 6.54 Å². The lowest BCUT2D eigenvalue weighted by Crippen LogP contribution is -2.36. The van der Waals surface area contributed by atoms with E-state index >= 15 is 0 Å². The SMILES string of the molecule is CC1CN(C(=O)c2cc(Cl)nc(Cl)c2)Cc2ccccc2O1. The van der Waals surface area contributed by atoms with Crippen molar-refractivity contribution in [3.63, 3.8) is 0 Å². The van der Waals surface area contributed by atoms with Gasteiger partial charge in [0, 0.05) is 17.7 Å². The van der Waals surface area contributed by atoms with Crippen LogP contribution in [0.2, 0.25) is 10.3 Å². The molecule has 22 heavy (non-hydrogen) atoms. The number of aromatic nitrogens is 1. The van der Waals surface area contributed by atoms with Gasteiger partial charge >= 0.3 is 0 Å². The number of pyridine rings is 1. The lowest BCUT2D eigenvalue weighted by molar-refractivity contribution is 0.0690. The Kier molecular flexibility index (Phi) is 4.23. The molecule has 1 aromatic carbocycles. The van der Waals surface area contributed by atoms with Gasteiger partial charge in [0.25, 0.3) is 5.91 Å². The van der Waals surface area contributed by atoms with E-state index in [4.69, 9.17) is 27.9 Å². The summed E-state index contributed by atoms with van der Waals surface area (Å²) in [5, 5.41) is 0.408. The number of para-hydroxylation sites is 1. The van der Waals surface area contributed by atoms with E-state index in [9.17, 15) is 4.79 Å². The highest BCUT2D eigenvalue weighted by Crippen LogP contribution is 2.26. The molecule has 1 amide bonds. The van der Waals surface area contributed by atoms with Gasteiger partial charge in [0.2, 0.25) is 0 Å². The van der Waals surface area contributed by atoms with Gasteiger partial charge in [0.05, 0.1) is 6.54 Å². The molecular formula is C16H14Cl2N2O2. The first kappa shape index (κ1) is 15.1. The van der Waals surface area contributed by atoms with Crippen LogP contribution in [-0.4, -0.2) is 28.4 Å². The molecule has 1 aliphatic rings. The van der Waals surface area contributed by atoms with Crippen LogP contribution in [0.5, 0.6) is 5.75 Å². The molecule has 0 spiro atoms. The largest absolute Gasteiger partial charge is 0.489 e. The summed E-state index contributed by atoms with van der Waals surface area (Å²) in [6.07, 6.45) is -0.0969. The number of ether oxygens (including phenoxy) is 1. The summed E-state index contributed by atoms with van der Waals surface area (Å²) < 4.78 is 5.86. The summed E-state index contributed by atoms with van der Waals surface area (Å²) in [5.74, 6) is 0.675. The minimum Gasteiger partial charge on any atom is -0.489 e. The highest BCUT2D eigenvalue weighted by atomic mass is 35.5. The molecule has 0 radical (unpaired) electrons. The molecule has 0 fully saturated rings. The molecule has 0 N–H and O–H groups in total. The molecule has 0 bridgehead atoms. The molecule has 3 rings (SSSR count). The summed E-state index contributed by atoms with van der Waals surface area (Å²) in [6.45, 7) is 2.91. The second-order valence-corrected chi connectivity index (χ2v) is 6.00. The third-order valence-corrected chi connectivity index (χ3v) is 3.82. The maximum Gasteiger partial charge on any atom is 0.254 e. The fourth-order valence-electron chi connectivity index (χ4n) is 2.51. The highest BCUT2D eigenvalue weighted by Gasteiger charge is 2.25. The number of amides is 1. The van der Waals surface area contributed by atoms with Crippen LogP contribution in [0.15, 0.2) is 36.4 Å². The van der Waals surface area contributed by atoms with E-state index in [1.54, 1.807) is 4.90 Å². The van der Waals surface area contributed by atoms with Crippen molar-refractivity contribution in [2.24, 2.45) is 0 Å². The Balaban J connectivity index is 1.92. The normalized spacial score (nSPS) is 17.4. The van der Waals surface area contributed by atoms with Crippen molar-refractivity contribution in [3.05, 3.63) is 57.8 Å². The van der Waals surface area contributed by atoms with Crippen LogP contribution in [0.3, 0.4) is 0 Å². The first-order chi connectivity index (χ1) is 10.5. The van der Waals surface area contributed by atoms with E-state index in [2.05, 4.69) is 4.98 Å². The van der Waals surface area contributed by atoms with Crippen LogP contribution >= 0.6 is 23.2 Å². The Hall–Kier alpha value is -1.78. The van der Waals surface area contributed by atoms with Gasteiger partial charge in [-0.3, -0.25) is 4.79 Å². The Morgan fingerprint density at radius 2 is 1.95 bits per heavy atom. The number of benzene rings is 1. The zero-order valence-electron chi connectivity index (χ0n) is 11.9. The fourth-order valence-corrected chi connectivity index (χ4v) is 2.97. The molecule has 6 heteroatoms. The molecule has 1 unspecified atom stereocenters. The first-order valence-corrected chi connectivity index (χ1v) is 7.65. The van der Waals surface area contributed by atoms with Crippen molar-refractivity contribution >= 4 is 29.1 Å². The number of carbonyl (C=O) groups excluding carboxylic acids is 1. The molecule has 2 aromatic rings. The Morgan fingerprint density at radius 1 is 1.27 bits per heavy atom. The third kappa shape index (κ3) is 3.18. The van der Waals surface area contributed by atoms with Crippen molar-refractivity contribution in [1.82, 2.24) is 9.88 Å². The standard InChI is InChI=1S/C16H14Cl2N2O2/c1-10-8-20(9-11-4-2-3-5-13(11)22-10)16(21)12-6-14(17)19-15(18)7-12/h2-7,10H,8-9H2,1H3. The minimum atomic E-state index is -0.140. The molecule has 1 aliphatic heterocycles. The predicted molar refractivity (Wildman–Crippen MR) is 85.5 cm³/mol. The van der Waals surface area contributed by atoms with Crippen LogP contribution in [0, 0.1) is 0 Å². The smallest absolute Gasteiger partial charge is 0.254 e. The number of halogens is 2. The summed E-state index contributed by atoms with van der Waals surface area (Å²) in [4.78, 5) is 18.3. The van der Waals surface area contributed by atoms with E-state index in [0.717, 1.165) is 11.3 Å². The van der Waals surface area contributed by atoms with Gasteiger partial charge in [-0.2, -0.15) is 0 Å². The maximum absolute atomic E-state index is 12.7. The average Bonchev–Trinajstić information content (AvgIpc) is 2.63. The lowest BCUT2D eigenvalue weighted by Gasteiger charge is -2.22. The molecule has 114 valence electrons. The summed E-state index contributed by atoms with van der Waals surface area (Å²) in [5.41, 5.74) is 1.41. The van der Waals surface area contributed by atoms with Gasteiger partial charge in [-0.05, 0) is 25.1 Å². The van der Waals surface area contributed by atoms with Gasteiger partial charge in [0.15, 0.2) is 0 Å². The summed E-state index contributed by atoms with van der Waals surface area (Å²) in [7, 11) is 0. The third-order valence-electron chi connectivity index (χ3n) is 3.44. The predicted octanol–water partition coefficient (Wildman–Crippen LogP) is 3.81. The maximum atomic E-state index is 12.7. The lowest BCUT2D eigenvalue weighted by atomic mass is 10.1. The van der Waals surface area contributed by atoms with Gasteiger partial charge in [-0.15, -0.1) is 0 Å². The molecule has 1 aromatic heterocycles. The summed E-state index contributed by atoms with van der Waals surface area (Å²) >= 11 is 11.8. The molecule has 0 aliphatic carbocycles. The van der Waals surface area contributed by atoms with Crippen molar-refractivity contribution in [2.75, 3.05) is 6.54 Å². The van der Waals surface area contributed by atoms with Crippen LogP contribution < -0.4 is 4.74 Å². The average molecular weight is 337 g/mol.